The monoisotopic (exact) mass is 337 g/mol. The van der Waals surface area contributed by atoms with Gasteiger partial charge in [0.05, 0.1) is 17.5 Å². The van der Waals surface area contributed by atoms with E-state index < -0.39 is 11.9 Å². The Kier molecular flexibility index (Phi) is 3.75. The highest BCUT2D eigenvalue weighted by Gasteiger charge is 2.38. The number of aromatic nitrogens is 1. The third-order valence-corrected chi connectivity index (χ3v) is 4.88. The van der Waals surface area contributed by atoms with Crippen LogP contribution >= 0.6 is 0 Å². The van der Waals surface area contributed by atoms with Gasteiger partial charge in [-0.25, -0.2) is 0 Å². The van der Waals surface area contributed by atoms with E-state index in [4.69, 9.17) is 0 Å². The Morgan fingerprint density at radius 3 is 2.68 bits per heavy atom. The lowest BCUT2D eigenvalue weighted by Gasteiger charge is -2.26. The van der Waals surface area contributed by atoms with E-state index >= 15 is 0 Å². The van der Waals surface area contributed by atoms with E-state index in [1.165, 1.54) is 4.90 Å². The van der Waals surface area contributed by atoms with E-state index in [2.05, 4.69) is 10.3 Å². The smallest absolute Gasteiger partial charge is 0.255 e. The predicted molar refractivity (Wildman–Crippen MR) is 92.0 cm³/mol. The average molecular weight is 337 g/mol. The number of carbonyl (C=O) groups is 3. The molecule has 2 aliphatic rings. The zero-order chi connectivity index (χ0) is 17.6. The van der Waals surface area contributed by atoms with Crippen LogP contribution in [0.15, 0.2) is 30.3 Å². The van der Waals surface area contributed by atoms with Gasteiger partial charge in [-0.1, -0.05) is 18.2 Å². The molecule has 3 amide bonds. The van der Waals surface area contributed by atoms with Crippen LogP contribution in [-0.2, 0) is 9.59 Å². The number of hydrogen-bond donors (Lipinski definition) is 1. The quantitative estimate of drug-likeness (QED) is 0.865. The second-order valence-corrected chi connectivity index (χ2v) is 6.61. The third kappa shape index (κ3) is 2.77. The SMILES string of the molecule is CCN(C(=O)c1cc(C2CC2)nc2ccccc12)C1CC(=O)NC1=O. The van der Waals surface area contributed by atoms with Crippen LogP contribution in [0.3, 0.4) is 0 Å². The molecule has 1 aromatic heterocycles. The molecule has 1 aliphatic carbocycles. The fourth-order valence-electron chi connectivity index (χ4n) is 3.41. The molecule has 1 aromatic carbocycles. The number of carbonyl (C=O) groups excluding carboxylic acids is 3. The molecule has 2 aromatic rings. The predicted octanol–water partition coefficient (Wildman–Crippen LogP) is 1.99. The Morgan fingerprint density at radius 2 is 2.04 bits per heavy atom. The van der Waals surface area contributed by atoms with Crippen LogP contribution in [0.4, 0.5) is 0 Å². The molecule has 128 valence electrons. The molecule has 0 spiro atoms. The summed E-state index contributed by atoms with van der Waals surface area (Å²) in [6.45, 7) is 2.18. The van der Waals surface area contributed by atoms with E-state index in [1.54, 1.807) is 0 Å². The van der Waals surface area contributed by atoms with Crippen LogP contribution in [0.2, 0.25) is 0 Å². The largest absolute Gasteiger partial charge is 0.326 e. The van der Waals surface area contributed by atoms with Gasteiger partial charge in [0.1, 0.15) is 6.04 Å². The number of para-hydroxylation sites is 1. The number of amides is 3. The lowest BCUT2D eigenvalue weighted by atomic mass is 10.0. The van der Waals surface area contributed by atoms with Crippen LogP contribution in [-0.4, -0.2) is 40.2 Å². The minimum absolute atomic E-state index is 0.0247. The number of likely N-dealkylation sites (N-methyl/N-ethyl adjacent to an activating group) is 1. The summed E-state index contributed by atoms with van der Waals surface area (Å²) >= 11 is 0. The van der Waals surface area contributed by atoms with Crippen molar-refractivity contribution < 1.29 is 14.4 Å². The second kappa shape index (κ2) is 5.95. The average Bonchev–Trinajstić information content (AvgIpc) is 3.40. The van der Waals surface area contributed by atoms with Crippen molar-refractivity contribution >= 4 is 28.6 Å². The van der Waals surface area contributed by atoms with Gasteiger partial charge in [-0.05, 0) is 31.9 Å². The molecule has 6 heteroatoms. The zero-order valence-corrected chi connectivity index (χ0v) is 14.0. The first-order chi connectivity index (χ1) is 12.1. The highest BCUT2D eigenvalue weighted by Crippen LogP contribution is 2.40. The summed E-state index contributed by atoms with van der Waals surface area (Å²) in [7, 11) is 0. The maximum Gasteiger partial charge on any atom is 0.255 e. The normalized spacial score (nSPS) is 20.0. The maximum absolute atomic E-state index is 13.2. The third-order valence-electron chi connectivity index (χ3n) is 4.88. The highest BCUT2D eigenvalue weighted by molar-refractivity contribution is 6.11. The topological polar surface area (TPSA) is 79.4 Å². The van der Waals surface area contributed by atoms with Crippen LogP contribution in [0.5, 0.6) is 0 Å². The molecule has 1 saturated carbocycles. The molecule has 25 heavy (non-hydrogen) atoms. The molecule has 1 saturated heterocycles. The molecule has 2 heterocycles. The lowest BCUT2D eigenvalue weighted by Crippen LogP contribution is -2.44. The van der Waals surface area contributed by atoms with Gasteiger partial charge in [-0.15, -0.1) is 0 Å². The molecule has 1 N–H and O–H groups in total. The Hall–Kier alpha value is -2.76. The first kappa shape index (κ1) is 15.7. The van der Waals surface area contributed by atoms with Crippen molar-refractivity contribution in [1.82, 2.24) is 15.2 Å². The summed E-state index contributed by atoms with van der Waals surface area (Å²) in [6.07, 6.45) is 2.21. The Morgan fingerprint density at radius 1 is 1.28 bits per heavy atom. The number of hydrogen-bond acceptors (Lipinski definition) is 4. The van der Waals surface area contributed by atoms with Gasteiger partial charge in [0.25, 0.3) is 5.91 Å². The number of rotatable bonds is 4. The summed E-state index contributed by atoms with van der Waals surface area (Å²) in [6, 6.07) is 8.68. The fraction of sp³-hybridized carbons (Fsp3) is 0.368. The first-order valence-electron chi connectivity index (χ1n) is 8.63. The van der Waals surface area contributed by atoms with E-state index in [-0.39, 0.29) is 18.2 Å². The Labute approximate surface area is 145 Å². The van der Waals surface area contributed by atoms with Crippen molar-refractivity contribution in [2.45, 2.75) is 38.1 Å². The minimum atomic E-state index is -0.735. The van der Waals surface area contributed by atoms with Crippen molar-refractivity contribution in [3.05, 3.63) is 41.6 Å². The molecule has 6 nitrogen and oxygen atoms in total. The Bertz CT molecular complexity index is 889. The van der Waals surface area contributed by atoms with Gasteiger partial charge in [0.2, 0.25) is 11.8 Å². The minimum Gasteiger partial charge on any atom is -0.326 e. The van der Waals surface area contributed by atoms with Gasteiger partial charge < -0.3 is 4.90 Å². The van der Waals surface area contributed by atoms with E-state index in [0.717, 1.165) is 29.4 Å². The summed E-state index contributed by atoms with van der Waals surface area (Å²) in [5, 5.41) is 3.06. The van der Waals surface area contributed by atoms with Crippen LogP contribution in [0, 0.1) is 0 Å². The molecular formula is C19H19N3O3. The van der Waals surface area contributed by atoms with Gasteiger partial charge in [-0.3, -0.25) is 24.7 Å². The fourth-order valence-corrected chi connectivity index (χ4v) is 3.41. The number of nitrogens with one attached hydrogen (secondary N) is 1. The first-order valence-corrected chi connectivity index (χ1v) is 8.63. The number of pyridine rings is 1. The van der Waals surface area contributed by atoms with Crippen molar-refractivity contribution in [1.29, 1.82) is 0 Å². The van der Waals surface area contributed by atoms with Crippen molar-refractivity contribution in [3.63, 3.8) is 0 Å². The zero-order valence-electron chi connectivity index (χ0n) is 14.0. The summed E-state index contributed by atoms with van der Waals surface area (Å²) in [4.78, 5) is 43.0. The Balaban J connectivity index is 1.78. The molecule has 2 fully saturated rings. The van der Waals surface area contributed by atoms with Gasteiger partial charge in [-0.2, -0.15) is 0 Å². The maximum atomic E-state index is 13.2. The molecule has 1 aliphatic heterocycles. The van der Waals surface area contributed by atoms with Gasteiger partial charge in [0.15, 0.2) is 0 Å². The van der Waals surface area contributed by atoms with E-state index in [9.17, 15) is 14.4 Å². The van der Waals surface area contributed by atoms with E-state index in [0.29, 0.717) is 18.0 Å². The number of nitrogens with zero attached hydrogens (tertiary/aromatic N) is 2. The van der Waals surface area contributed by atoms with Gasteiger partial charge >= 0.3 is 0 Å². The van der Waals surface area contributed by atoms with Crippen molar-refractivity contribution in [3.8, 4) is 0 Å². The van der Waals surface area contributed by atoms with Crippen molar-refractivity contribution in [2.75, 3.05) is 6.54 Å². The molecule has 4 rings (SSSR count). The standard InChI is InChI=1S/C19H19N3O3/c1-2-22(16-10-17(23)21-18(16)24)19(25)13-9-15(11-7-8-11)20-14-6-4-3-5-12(13)14/h3-6,9,11,16H,2,7-8,10H2,1H3,(H,21,23,24). The van der Waals surface area contributed by atoms with Crippen LogP contribution in [0.1, 0.15) is 48.2 Å². The number of benzene rings is 1. The summed E-state index contributed by atoms with van der Waals surface area (Å²) in [5.74, 6) is -0.541. The molecule has 0 radical (unpaired) electrons. The lowest BCUT2D eigenvalue weighted by molar-refractivity contribution is -0.126. The summed E-state index contributed by atoms with van der Waals surface area (Å²) in [5.41, 5.74) is 2.28. The van der Waals surface area contributed by atoms with Crippen molar-refractivity contribution in [2.24, 2.45) is 0 Å². The van der Waals surface area contributed by atoms with Gasteiger partial charge in [0, 0.05) is 23.5 Å². The second-order valence-electron chi connectivity index (χ2n) is 6.61. The molecule has 1 atom stereocenters. The number of imide groups is 1. The molecular weight excluding hydrogens is 318 g/mol. The molecule has 1 unspecified atom stereocenters. The van der Waals surface area contributed by atoms with E-state index in [1.807, 2.05) is 37.3 Å². The summed E-state index contributed by atoms with van der Waals surface area (Å²) < 4.78 is 0. The highest BCUT2D eigenvalue weighted by atomic mass is 16.2. The number of fused-ring (bicyclic) bond motifs is 1. The van der Waals surface area contributed by atoms with Crippen LogP contribution < -0.4 is 5.32 Å². The van der Waals surface area contributed by atoms with Crippen LogP contribution in [0.25, 0.3) is 10.9 Å². The molecule has 0 bridgehead atoms.